The van der Waals surface area contributed by atoms with Crippen LogP contribution in [0.2, 0.25) is 0 Å². The zero-order chi connectivity index (χ0) is 12.8. The van der Waals surface area contributed by atoms with E-state index < -0.39 is 0 Å². The quantitative estimate of drug-likeness (QED) is 0.749. The number of hydrogen-bond donors (Lipinski definition) is 0. The molecule has 0 amide bonds. The zero-order valence-corrected chi connectivity index (χ0v) is 12.2. The summed E-state index contributed by atoms with van der Waals surface area (Å²) in [5.41, 5.74) is 0. The fourth-order valence-corrected chi connectivity index (χ4v) is 3.32. The van der Waals surface area contributed by atoms with E-state index >= 15 is 0 Å². The van der Waals surface area contributed by atoms with E-state index in [1.807, 2.05) is 0 Å². The molecule has 0 aromatic carbocycles. The van der Waals surface area contributed by atoms with Gasteiger partial charge in [0.1, 0.15) is 0 Å². The number of rotatable bonds is 5. The second-order valence-corrected chi connectivity index (χ2v) is 5.80. The van der Waals surface area contributed by atoms with E-state index in [2.05, 4.69) is 23.6 Å². The van der Waals surface area contributed by atoms with E-state index in [4.69, 9.17) is 4.74 Å². The lowest BCUT2D eigenvalue weighted by Gasteiger charge is -2.42. The van der Waals surface area contributed by atoms with Gasteiger partial charge in [0.15, 0.2) is 0 Å². The third kappa shape index (κ3) is 3.94. The van der Waals surface area contributed by atoms with Crippen LogP contribution in [0, 0.1) is 0 Å². The van der Waals surface area contributed by atoms with Gasteiger partial charge in [0.25, 0.3) is 0 Å². The highest BCUT2D eigenvalue weighted by atomic mass is 16.5. The smallest absolute Gasteiger partial charge is 0.0702 e. The SMILES string of the molecule is CCCO[C@@H]1CCCN(C2CCN(CC)CC2)C1. The molecule has 2 saturated heterocycles. The summed E-state index contributed by atoms with van der Waals surface area (Å²) >= 11 is 0. The maximum Gasteiger partial charge on any atom is 0.0702 e. The first kappa shape index (κ1) is 14.3. The Bertz CT molecular complexity index is 227. The van der Waals surface area contributed by atoms with Crippen LogP contribution in [-0.4, -0.2) is 61.3 Å². The summed E-state index contributed by atoms with van der Waals surface area (Å²) in [6.07, 6.45) is 6.95. The summed E-state index contributed by atoms with van der Waals surface area (Å²) in [4.78, 5) is 5.28. The van der Waals surface area contributed by atoms with Crippen LogP contribution in [0.1, 0.15) is 46.0 Å². The Hall–Kier alpha value is -0.120. The summed E-state index contributed by atoms with van der Waals surface area (Å²) in [5, 5.41) is 0. The second kappa shape index (κ2) is 7.46. The summed E-state index contributed by atoms with van der Waals surface area (Å²) in [5.74, 6) is 0. The molecule has 0 aromatic rings. The van der Waals surface area contributed by atoms with Gasteiger partial charge in [0, 0.05) is 19.2 Å². The van der Waals surface area contributed by atoms with E-state index in [1.54, 1.807) is 0 Å². The predicted molar refractivity (Wildman–Crippen MR) is 76.0 cm³/mol. The molecule has 3 nitrogen and oxygen atoms in total. The summed E-state index contributed by atoms with van der Waals surface area (Å²) in [6.45, 7) is 11.7. The Labute approximate surface area is 112 Å². The average Bonchev–Trinajstić information content (AvgIpc) is 2.45. The molecular weight excluding hydrogens is 224 g/mol. The standard InChI is InChI=1S/C15H30N2O/c1-3-12-18-15-6-5-9-17(13-15)14-7-10-16(4-2)11-8-14/h14-15H,3-13H2,1-2H3/t15-/m1/s1. The van der Waals surface area contributed by atoms with Crippen molar-refractivity contribution in [2.75, 3.05) is 39.3 Å². The Morgan fingerprint density at radius 1 is 1.06 bits per heavy atom. The molecule has 2 fully saturated rings. The summed E-state index contributed by atoms with van der Waals surface area (Å²) in [6, 6.07) is 0.820. The monoisotopic (exact) mass is 254 g/mol. The van der Waals surface area contributed by atoms with Crippen LogP contribution in [-0.2, 0) is 4.74 Å². The minimum Gasteiger partial charge on any atom is -0.377 e. The average molecular weight is 254 g/mol. The molecule has 2 aliphatic heterocycles. The van der Waals surface area contributed by atoms with E-state index in [0.29, 0.717) is 6.10 Å². The largest absolute Gasteiger partial charge is 0.377 e. The Kier molecular flexibility index (Phi) is 5.93. The van der Waals surface area contributed by atoms with Crippen LogP contribution in [0.5, 0.6) is 0 Å². The minimum absolute atomic E-state index is 0.503. The lowest BCUT2D eigenvalue weighted by molar-refractivity contribution is -0.0211. The molecular formula is C15H30N2O. The lowest BCUT2D eigenvalue weighted by atomic mass is 9.99. The van der Waals surface area contributed by atoms with Crippen molar-refractivity contribution in [2.24, 2.45) is 0 Å². The molecule has 0 unspecified atom stereocenters. The van der Waals surface area contributed by atoms with Crippen molar-refractivity contribution in [3.63, 3.8) is 0 Å². The highest BCUT2D eigenvalue weighted by molar-refractivity contribution is 4.83. The van der Waals surface area contributed by atoms with Gasteiger partial charge in [0.2, 0.25) is 0 Å². The molecule has 3 heteroatoms. The van der Waals surface area contributed by atoms with Gasteiger partial charge in [-0.25, -0.2) is 0 Å². The van der Waals surface area contributed by atoms with Crippen LogP contribution >= 0.6 is 0 Å². The number of piperidine rings is 2. The van der Waals surface area contributed by atoms with Gasteiger partial charge in [-0.1, -0.05) is 13.8 Å². The van der Waals surface area contributed by atoms with Crippen LogP contribution in [0.15, 0.2) is 0 Å². The van der Waals surface area contributed by atoms with E-state index in [0.717, 1.165) is 19.1 Å². The normalized spacial score (nSPS) is 28.7. The van der Waals surface area contributed by atoms with Gasteiger partial charge in [-0.3, -0.25) is 4.90 Å². The molecule has 18 heavy (non-hydrogen) atoms. The van der Waals surface area contributed by atoms with Crippen LogP contribution in [0.3, 0.4) is 0 Å². The lowest BCUT2D eigenvalue weighted by Crippen LogP contribution is -2.50. The van der Waals surface area contributed by atoms with E-state index in [1.165, 1.54) is 58.4 Å². The fourth-order valence-electron chi connectivity index (χ4n) is 3.32. The summed E-state index contributed by atoms with van der Waals surface area (Å²) in [7, 11) is 0. The predicted octanol–water partition coefficient (Wildman–Crippen LogP) is 2.36. The maximum absolute atomic E-state index is 5.94. The number of likely N-dealkylation sites (tertiary alicyclic amines) is 2. The third-order valence-corrected chi connectivity index (χ3v) is 4.49. The Morgan fingerprint density at radius 3 is 2.50 bits per heavy atom. The van der Waals surface area contributed by atoms with E-state index in [-0.39, 0.29) is 0 Å². The minimum atomic E-state index is 0.503. The van der Waals surface area contributed by atoms with Gasteiger partial charge >= 0.3 is 0 Å². The first-order valence-corrected chi connectivity index (χ1v) is 7.91. The fraction of sp³-hybridized carbons (Fsp3) is 1.00. The van der Waals surface area contributed by atoms with Gasteiger partial charge < -0.3 is 9.64 Å². The number of hydrogen-bond acceptors (Lipinski definition) is 3. The topological polar surface area (TPSA) is 15.7 Å². The van der Waals surface area contributed by atoms with Crippen molar-refractivity contribution in [1.29, 1.82) is 0 Å². The van der Waals surface area contributed by atoms with Gasteiger partial charge in [-0.05, 0) is 58.3 Å². The first-order chi connectivity index (χ1) is 8.83. The molecule has 0 aromatic heterocycles. The molecule has 2 rings (SSSR count). The van der Waals surface area contributed by atoms with E-state index in [9.17, 15) is 0 Å². The molecule has 1 atom stereocenters. The van der Waals surface area contributed by atoms with Crippen LogP contribution in [0.25, 0.3) is 0 Å². The summed E-state index contributed by atoms with van der Waals surface area (Å²) < 4.78 is 5.94. The first-order valence-electron chi connectivity index (χ1n) is 7.91. The van der Waals surface area contributed by atoms with Crippen LogP contribution in [0.4, 0.5) is 0 Å². The molecule has 0 aliphatic carbocycles. The maximum atomic E-state index is 5.94. The van der Waals surface area contributed by atoms with Gasteiger partial charge in [-0.15, -0.1) is 0 Å². The molecule has 106 valence electrons. The molecule has 0 bridgehead atoms. The molecule has 2 aliphatic rings. The third-order valence-electron chi connectivity index (χ3n) is 4.49. The highest BCUT2D eigenvalue weighted by Crippen LogP contribution is 2.22. The number of ether oxygens (including phenoxy) is 1. The van der Waals surface area contributed by atoms with Crippen molar-refractivity contribution in [2.45, 2.75) is 58.1 Å². The molecule has 0 spiro atoms. The highest BCUT2D eigenvalue weighted by Gasteiger charge is 2.28. The molecule has 2 heterocycles. The van der Waals surface area contributed by atoms with Gasteiger partial charge in [0.05, 0.1) is 6.10 Å². The molecule has 0 N–H and O–H groups in total. The number of nitrogens with zero attached hydrogens (tertiary/aromatic N) is 2. The van der Waals surface area contributed by atoms with Crippen LogP contribution < -0.4 is 0 Å². The molecule has 0 radical (unpaired) electrons. The van der Waals surface area contributed by atoms with Crippen molar-refractivity contribution < 1.29 is 4.74 Å². The molecule has 0 saturated carbocycles. The Balaban J connectivity index is 1.75. The van der Waals surface area contributed by atoms with Crippen molar-refractivity contribution in [1.82, 2.24) is 9.80 Å². The zero-order valence-electron chi connectivity index (χ0n) is 12.2. The van der Waals surface area contributed by atoms with Crippen molar-refractivity contribution >= 4 is 0 Å². The second-order valence-electron chi connectivity index (χ2n) is 5.80. The Morgan fingerprint density at radius 2 is 1.83 bits per heavy atom. The van der Waals surface area contributed by atoms with Crippen molar-refractivity contribution in [3.8, 4) is 0 Å². The van der Waals surface area contributed by atoms with Gasteiger partial charge in [-0.2, -0.15) is 0 Å². The van der Waals surface area contributed by atoms with Crippen molar-refractivity contribution in [3.05, 3.63) is 0 Å².